The summed E-state index contributed by atoms with van der Waals surface area (Å²) >= 11 is 3.51. The van der Waals surface area contributed by atoms with Crippen molar-refractivity contribution >= 4 is 21.6 Å². The highest BCUT2D eigenvalue weighted by Crippen LogP contribution is 2.30. The Kier molecular flexibility index (Phi) is 4.65. The van der Waals surface area contributed by atoms with Crippen LogP contribution < -0.4 is 9.64 Å². The summed E-state index contributed by atoms with van der Waals surface area (Å²) in [6, 6.07) is 6.07. The van der Waals surface area contributed by atoms with E-state index in [0.29, 0.717) is 0 Å². The Bertz CT molecular complexity index is 367. The lowest BCUT2D eigenvalue weighted by Gasteiger charge is -2.29. The van der Waals surface area contributed by atoms with Crippen LogP contribution in [0.2, 0.25) is 0 Å². The van der Waals surface area contributed by atoms with Crippen LogP contribution in [-0.4, -0.2) is 40.2 Å². The molecule has 2 rings (SSSR count). The normalized spacial score (nSPS) is 16.0. The van der Waals surface area contributed by atoms with E-state index in [1.807, 2.05) is 6.07 Å². The Morgan fingerprint density at radius 3 is 2.76 bits per heavy atom. The molecule has 0 radical (unpaired) electrons. The highest BCUT2D eigenvalue weighted by Gasteiger charge is 2.12. The molecule has 0 N–H and O–H groups in total. The van der Waals surface area contributed by atoms with Crippen molar-refractivity contribution in [2.45, 2.75) is 0 Å². The van der Waals surface area contributed by atoms with Crippen LogP contribution in [0.25, 0.3) is 0 Å². The zero-order valence-electron chi connectivity index (χ0n) is 9.82. The molecule has 0 bridgehead atoms. The molecule has 0 aromatic heterocycles. The number of benzene rings is 1. The maximum atomic E-state index is 5.42. The fourth-order valence-electron chi connectivity index (χ4n) is 1.75. The van der Waals surface area contributed by atoms with Crippen molar-refractivity contribution in [2.75, 3.05) is 45.1 Å². The number of morpholine rings is 1. The average Bonchev–Trinajstić information content (AvgIpc) is 2.38. The van der Waals surface area contributed by atoms with Crippen molar-refractivity contribution in [3.63, 3.8) is 0 Å². The van der Waals surface area contributed by atoms with Gasteiger partial charge in [0.05, 0.1) is 17.7 Å². The SMILES string of the molecule is COCOc1ccc(N2CCOCC2)cc1Br. The van der Waals surface area contributed by atoms with Crippen molar-refractivity contribution < 1.29 is 14.2 Å². The fraction of sp³-hybridized carbons (Fsp3) is 0.500. The van der Waals surface area contributed by atoms with Gasteiger partial charge in [-0.2, -0.15) is 0 Å². The second-order valence-electron chi connectivity index (χ2n) is 3.77. The number of anilines is 1. The molecule has 1 heterocycles. The van der Waals surface area contributed by atoms with Gasteiger partial charge in [-0.1, -0.05) is 0 Å². The Hall–Kier alpha value is -0.780. The van der Waals surface area contributed by atoms with Gasteiger partial charge in [0.2, 0.25) is 0 Å². The van der Waals surface area contributed by atoms with E-state index < -0.39 is 0 Å². The van der Waals surface area contributed by atoms with Gasteiger partial charge in [-0.05, 0) is 34.1 Å². The van der Waals surface area contributed by atoms with Gasteiger partial charge in [0, 0.05) is 25.9 Å². The molecular weight excluding hydrogens is 286 g/mol. The van der Waals surface area contributed by atoms with Crippen molar-refractivity contribution in [2.24, 2.45) is 0 Å². The third-order valence-electron chi connectivity index (χ3n) is 2.62. The molecule has 1 aliphatic rings. The van der Waals surface area contributed by atoms with E-state index in [1.165, 1.54) is 5.69 Å². The van der Waals surface area contributed by atoms with E-state index in [4.69, 9.17) is 14.2 Å². The first-order valence-corrected chi connectivity index (χ1v) is 6.34. The van der Waals surface area contributed by atoms with Gasteiger partial charge in [0.15, 0.2) is 6.79 Å². The van der Waals surface area contributed by atoms with Crippen LogP contribution in [0.5, 0.6) is 5.75 Å². The van der Waals surface area contributed by atoms with Gasteiger partial charge >= 0.3 is 0 Å². The zero-order chi connectivity index (χ0) is 12.1. The predicted octanol–water partition coefficient (Wildman–Crippen LogP) is 2.27. The van der Waals surface area contributed by atoms with E-state index in [1.54, 1.807) is 7.11 Å². The van der Waals surface area contributed by atoms with E-state index in [9.17, 15) is 0 Å². The highest BCUT2D eigenvalue weighted by atomic mass is 79.9. The van der Waals surface area contributed by atoms with Crippen molar-refractivity contribution in [1.29, 1.82) is 0 Å². The summed E-state index contributed by atoms with van der Waals surface area (Å²) in [4.78, 5) is 2.30. The minimum Gasteiger partial charge on any atom is -0.466 e. The molecule has 0 unspecified atom stereocenters. The lowest BCUT2D eigenvalue weighted by molar-refractivity contribution is 0.0506. The average molecular weight is 302 g/mol. The van der Waals surface area contributed by atoms with E-state index >= 15 is 0 Å². The topological polar surface area (TPSA) is 30.9 Å². The summed E-state index contributed by atoms with van der Waals surface area (Å²) in [5.74, 6) is 0.795. The minimum absolute atomic E-state index is 0.259. The third kappa shape index (κ3) is 3.34. The van der Waals surface area contributed by atoms with Crippen LogP contribution in [0, 0.1) is 0 Å². The maximum Gasteiger partial charge on any atom is 0.188 e. The number of rotatable bonds is 4. The zero-order valence-corrected chi connectivity index (χ0v) is 11.4. The van der Waals surface area contributed by atoms with Crippen LogP contribution in [-0.2, 0) is 9.47 Å². The quantitative estimate of drug-likeness (QED) is 0.798. The molecule has 94 valence electrons. The highest BCUT2D eigenvalue weighted by molar-refractivity contribution is 9.10. The molecule has 0 saturated carbocycles. The van der Waals surface area contributed by atoms with E-state index in [-0.39, 0.29) is 6.79 Å². The molecule has 1 aromatic carbocycles. The summed E-state index contributed by atoms with van der Waals surface area (Å²) in [6.45, 7) is 3.71. The summed E-state index contributed by atoms with van der Waals surface area (Å²) in [5.41, 5.74) is 1.19. The number of nitrogens with zero attached hydrogens (tertiary/aromatic N) is 1. The van der Waals surface area contributed by atoms with Crippen LogP contribution in [0.3, 0.4) is 0 Å². The molecule has 1 fully saturated rings. The van der Waals surface area contributed by atoms with Gasteiger partial charge in [-0.15, -0.1) is 0 Å². The number of methoxy groups -OCH3 is 1. The monoisotopic (exact) mass is 301 g/mol. The smallest absolute Gasteiger partial charge is 0.188 e. The Labute approximate surface area is 110 Å². The lowest BCUT2D eigenvalue weighted by atomic mass is 10.2. The maximum absolute atomic E-state index is 5.42. The van der Waals surface area contributed by atoms with Crippen molar-refractivity contribution in [3.05, 3.63) is 22.7 Å². The minimum atomic E-state index is 0.259. The molecule has 4 nitrogen and oxygen atoms in total. The molecule has 0 amide bonds. The second kappa shape index (κ2) is 6.23. The van der Waals surface area contributed by atoms with Crippen molar-refractivity contribution in [1.82, 2.24) is 0 Å². The van der Waals surface area contributed by atoms with Gasteiger partial charge in [-0.3, -0.25) is 0 Å². The molecule has 0 aliphatic carbocycles. The number of hydrogen-bond donors (Lipinski definition) is 0. The largest absolute Gasteiger partial charge is 0.466 e. The number of ether oxygens (including phenoxy) is 3. The van der Waals surface area contributed by atoms with Gasteiger partial charge in [0.25, 0.3) is 0 Å². The predicted molar refractivity (Wildman–Crippen MR) is 69.7 cm³/mol. The van der Waals surface area contributed by atoms with Crippen LogP contribution in [0.15, 0.2) is 22.7 Å². The van der Waals surface area contributed by atoms with Crippen LogP contribution in [0.4, 0.5) is 5.69 Å². The first kappa shape index (κ1) is 12.7. The summed E-state index contributed by atoms with van der Waals surface area (Å²) in [5, 5.41) is 0. The van der Waals surface area contributed by atoms with Gasteiger partial charge < -0.3 is 19.1 Å². The number of hydrogen-bond acceptors (Lipinski definition) is 4. The molecule has 1 saturated heterocycles. The standard InChI is InChI=1S/C12H16BrNO3/c1-15-9-17-12-3-2-10(8-11(12)13)14-4-6-16-7-5-14/h2-3,8H,4-7,9H2,1H3. The molecule has 5 heteroatoms. The first-order chi connectivity index (χ1) is 8.31. The van der Waals surface area contributed by atoms with Gasteiger partial charge in [0.1, 0.15) is 5.75 Å². The molecule has 1 aliphatic heterocycles. The van der Waals surface area contributed by atoms with Gasteiger partial charge in [-0.25, -0.2) is 0 Å². The molecule has 17 heavy (non-hydrogen) atoms. The molecule has 0 atom stereocenters. The Morgan fingerprint density at radius 1 is 1.35 bits per heavy atom. The molecule has 1 aromatic rings. The summed E-state index contributed by atoms with van der Waals surface area (Å²) < 4.78 is 16.6. The fourth-order valence-corrected chi connectivity index (χ4v) is 2.23. The molecule has 0 spiro atoms. The first-order valence-electron chi connectivity index (χ1n) is 5.55. The van der Waals surface area contributed by atoms with E-state index in [0.717, 1.165) is 36.5 Å². The third-order valence-corrected chi connectivity index (χ3v) is 3.24. The lowest BCUT2D eigenvalue weighted by Crippen LogP contribution is -2.36. The Morgan fingerprint density at radius 2 is 2.12 bits per heavy atom. The summed E-state index contributed by atoms with van der Waals surface area (Å²) in [7, 11) is 1.61. The van der Waals surface area contributed by atoms with E-state index in [2.05, 4.69) is 33.0 Å². The molecular formula is C12H16BrNO3. The van der Waals surface area contributed by atoms with Crippen molar-refractivity contribution in [3.8, 4) is 5.75 Å². The number of halogens is 1. The van der Waals surface area contributed by atoms with Crippen LogP contribution in [0.1, 0.15) is 0 Å². The van der Waals surface area contributed by atoms with Crippen LogP contribution >= 0.6 is 15.9 Å². The summed E-state index contributed by atoms with van der Waals surface area (Å²) in [6.07, 6.45) is 0. The second-order valence-corrected chi connectivity index (χ2v) is 4.62. The Balaban J connectivity index is 2.06.